The molecule has 1 N–H and O–H groups in total. The fraction of sp³-hybridized carbons (Fsp3) is 0.619. The van der Waals surface area contributed by atoms with Crippen LogP contribution in [0.1, 0.15) is 45.4 Å². The second-order valence-electron chi connectivity index (χ2n) is 9.36. The minimum atomic E-state index is -4.75. The summed E-state index contributed by atoms with van der Waals surface area (Å²) in [5.74, 6) is 1.86. The number of halogens is 3. The maximum Gasteiger partial charge on any atom is 0.573 e. The predicted molar refractivity (Wildman–Crippen MR) is 110 cm³/mol. The lowest BCUT2D eigenvalue weighted by atomic mass is 9.53. The van der Waals surface area contributed by atoms with Crippen molar-refractivity contribution in [3.8, 4) is 11.4 Å². The molecule has 1 unspecified atom stereocenters. The van der Waals surface area contributed by atoms with Crippen molar-refractivity contribution in [2.75, 3.05) is 0 Å². The van der Waals surface area contributed by atoms with Crippen LogP contribution in [0.25, 0.3) is 5.69 Å². The van der Waals surface area contributed by atoms with Gasteiger partial charge in [-0.3, -0.25) is 4.79 Å². The first kappa shape index (κ1) is 21.5. The Hall–Kier alpha value is -2.30. The molecule has 11 heteroatoms. The van der Waals surface area contributed by atoms with E-state index in [2.05, 4.69) is 25.6 Å². The number of thioether (sulfide) groups is 1. The van der Waals surface area contributed by atoms with Crippen LogP contribution in [0, 0.1) is 17.8 Å². The zero-order chi connectivity index (χ0) is 22.5. The third-order valence-corrected chi connectivity index (χ3v) is 7.87. The van der Waals surface area contributed by atoms with Gasteiger partial charge in [-0.25, -0.2) is 0 Å². The van der Waals surface area contributed by atoms with Crippen LogP contribution in [-0.4, -0.2) is 43.3 Å². The molecule has 4 aliphatic rings. The highest BCUT2D eigenvalue weighted by molar-refractivity contribution is 8.00. The predicted octanol–water partition coefficient (Wildman–Crippen LogP) is 4.13. The summed E-state index contributed by atoms with van der Waals surface area (Å²) in [6.45, 7) is 1.82. The van der Waals surface area contributed by atoms with Crippen molar-refractivity contribution < 1.29 is 22.7 Å². The Labute approximate surface area is 187 Å². The van der Waals surface area contributed by atoms with E-state index in [0.29, 0.717) is 10.8 Å². The summed E-state index contributed by atoms with van der Waals surface area (Å²) >= 11 is 1.23. The molecule has 1 heterocycles. The summed E-state index contributed by atoms with van der Waals surface area (Å²) in [6, 6.07) is 5.26. The third kappa shape index (κ3) is 4.44. The van der Waals surface area contributed by atoms with Gasteiger partial charge in [-0.1, -0.05) is 11.8 Å². The van der Waals surface area contributed by atoms with E-state index in [4.69, 9.17) is 0 Å². The third-order valence-electron chi connectivity index (χ3n) is 6.83. The van der Waals surface area contributed by atoms with Crippen molar-refractivity contribution >= 4 is 17.7 Å². The second kappa shape index (κ2) is 7.93. The normalized spacial score (nSPS) is 29.7. The molecule has 4 fully saturated rings. The molecule has 4 aliphatic carbocycles. The molecule has 4 saturated carbocycles. The van der Waals surface area contributed by atoms with E-state index >= 15 is 0 Å². The van der Waals surface area contributed by atoms with E-state index < -0.39 is 11.6 Å². The fourth-order valence-electron chi connectivity index (χ4n) is 6.04. The van der Waals surface area contributed by atoms with Gasteiger partial charge >= 0.3 is 6.36 Å². The van der Waals surface area contributed by atoms with Gasteiger partial charge in [-0.2, -0.15) is 4.68 Å². The Bertz CT molecular complexity index is 959. The lowest BCUT2D eigenvalue weighted by Crippen LogP contribution is -2.60. The molecule has 7 nitrogen and oxygen atoms in total. The van der Waals surface area contributed by atoms with Gasteiger partial charge < -0.3 is 10.1 Å². The van der Waals surface area contributed by atoms with Gasteiger partial charge in [-0.05, 0) is 97.9 Å². The number of aromatic nitrogens is 4. The van der Waals surface area contributed by atoms with E-state index in [1.54, 1.807) is 0 Å². The summed E-state index contributed by atoms with van der Waals surface area (Å²) in [7, 11) is 0. The van der Waals surface area contributed by atoms with Crippen LogP contribution in [-0.2, 0) is 4.79 Å². The number of hydrogen-bond donors (Lipinski definition) is 1. The molecule has 172 valence electrons. The first-order valence-corrected chi connectivity index (χ1v) is 11.7. The van der Waals surface area contributed by atoms with Crippen molar-refractivity contribution in [1.82, 2.24) is 25.5 Å². The van der Waals surface area contributed by atoms with E-state index in [1.807, 2.05) is 6.92 Å². The minimum Gasteiger partial charge on any atom is -0.406 e. The van der Waals surface area contributed by atoms with Crippen molar-refractivity contribution in [2.24, 2.45) is 17.8 Å². The number of benzene rings is 1. The van der Waals surface area contributed by atoms with Gasteiger partial charge in [0.05, 0.1) is 10.9 Å². The second-order valence-corrected chi connectivity index (χ2v) is 10.7. The number of nitrogens with one attached hydrogen (secondary N) is 1. The summed E-state index contributed by atoms with van der Waals surface area (Å²) in [5.41, 5.74) is 0.404. The van der Waals surface area contributed by atoms with Crippen LogP contribution in [0.2, 0.25) is 0 Å². The molecule has 6 rings (SSSR count). The molecule has 0 saturated heterocycles. The molecule has 1 aromatic carbocycles. The van der Waals surface area contributed by atoms with Gasteiger partial charge in [0.15, 0.2) is 0 Å². The van der Waals surface area contributed by atoms with Crippen molar-refractivity contribution in [1.29, 1.82) is 0 Å². The van der Waals surface area contributed by atoms with Gasteiger partial charge in [0.2, 0.25) is 11.1 Å². The van der Waals surface area contributed by atoms with E-state index in [1.165, 1.54) is 60.0 Å². The Balaban J connectivity index is 1.24. The quantitative estimate of drug-likeness (QED) is 0.644. The Morgan fingerprint density at radius 3 is 2.31 bits per heavy atom. The average Bonchev–Trinajstić information content (AvgIpc) is 3.14. The van der Waals surface area contributed by atoms with E-state index in [0.717, 1.165) is 37.0 Å². The monoisotopic (exact) mass is 467 g/mol. The summed E-state index contributed by atoms with van der Waals surface area (Å²) in [4.78, 5) is 13.0. The lowest BCUT2D eigenvalue weighted by molar-refractivity contribution is -0.274. The summed E-state index contributed by atoms with van der Waals surface area (Å²) < 4.78 is 42.4. The highest BCUT2D eigenvalue weighted by Crippen LogP contribution is 2.55. The number of hydrogen-bond acceptors (Lipinski definition) is 6. The van der Waals surface area contributed by atoms with Gasteiger partial charge in [-0.15, -0.1) is 18.3 Å². The van der Waals surface area contributed by atoms with Crippen LogP contribution < -0.4 is 10.1 Å². The van der Waals surface area contributed by atoms with Crippen LogP contribution in [0.15, 0.2) is 29.4 Å². The molecule has 32 heavy (non-hydrogen) atoms. The maximum atomic E-state index is 13.0. The molecule has 2 aromatic rings. The van der Waals surface area contributed by atoms with Crippen LogP contribution in [0.3, 0.4) is 0 Å². The first-order valence-electron chi connectivity index (χ1n) is 10.8. The van der Waals surface area contributed by atoms with Gasteiger partial charge in [0.1, 0.15) is 5.75 Å². The molecule has 4 bridgehead atoms. The SMILES string of the molecule is CC(Sc1nnnn1-c1ccc(OC(F)(F)F)cc1)C(=O)NC12CC3CC(CC(C3)C1)C2. The van der Waals surface area contributed by atoms with Crippen LogP contribution in [0.4, 0.5) is 13.2 Å². The first-order chi connectivity index (χ1) is 15.2. The highest BCUT2D eigenvalue weighted by atomic mass is 32.2. The molecule has 1 amide bonds. The van der Waals surface area contributed by atoms with Crippen molar-refractivity contribution in [3.05, 3.63) is 24.3 Å². The highest BCUT2D eigenvalue weighted by Gasteiger charge is 2.51. The summed E-state index contributed by atoms with van der Waals surface area (Å²) in [5, 5.41) is 14.9. The average molecular weight is 468 g/mol. The largest absolute Gasteiger partial charge is 0.573 e. The van der Waals surface area contributed by atoms with Gasteiger partial charge in [0, 0.05) is 5.54 Å². The Kier molecular flexibility index (Phi) is 5.34. The van der Waals surface area contributed by atoms with Crippen LogP contribution >= 0.6 is 11.8 Å². The number of tetrazole rings is 1. The molecule has 1 atom stereocenters. The number of carbonyl (C=O) groups is 1. The number of alkyl halides is 3. The van der Waals surface area contributed by atoms with Crippen molar-refractivity contribution in [2.45, 2.75) is 67.8 Å². The Morgan fingerprint density at radius 1 is 1.16 bits per heavy atom. The number of carbonyl (C=O) groups excluding carboxylic acids is 1. The molecule has 0 spiro atoms. The number of nitrogens with zero attached hydrogens (tertiary/aromatic N) is 4. The molecular formula is C21H24F3N5O2S. The minimum absolute atomic E-state index is 0.0274. The number of rotatable bonds is 6. The number of ether oxygens (including phenoxy) is 1. The standard InChI is InChI=1S/C21H24F3N5O2S/c1-12(18(30)25-20-9-13-6-14(10-20)8-15(7-13)11-20)32-19-26-27-28-29(19)16-2-4-17(5-3-16)31-21(22,23)24/h2-5,12-15H,6-11H2,1H3,(H,25,30). The number of amides is 1. The maximum absolute atomic E-state index is 13.0. The van der Waals surface area contributed by atoms with E-state index in [-0.39, 0.29) is 17.2 Å². The van der Waals surface area contributed by atoms with Crippen molar-refractivity contribution in [3.63, 3.8) is 0 Å². The molecule has 0 radical (unpaired) electrons. The topological polar surface area (TPSA) is 81.9 Å². The fourth-order valence-corrected chi connectivity index (χ4v) is 6.85. The molecular weight excluding hydrogens is 443 g/mol. The Morgan fingerprint density at radius 2 is 1.75 bits per heavy atom. The van der Waals surface area contributed by atoms with Crippen LogP contribution in [0.5, 0.6) is 5.75 Å². The zero-order valence-corrected chi connectivity index (χ0v) is 18.3. The lowest BCUT2D eigenvalue weighted by Gasteiger charge is -2.57. The smallest absolute Gasteiger partial charge is 0.406 e. The molecule has 1 aromatic heterocycles. The molecule has 0 aliphatic heterocycles. The van der Waals surface area contributed by atoms with E-state index in [9.17, 15) is 18.0 Å². The zero-order valence-electron chi connectivity index (χ0n) is 17.5. The summed E-state index contributed by atoms with van der Waals surface area (Å²) in [6.07, 6.45) is 2.39. The van der Waals surface area contributed by atoms with Gasteiger partial charge in [0.25, 0.3) is 0 Å².